The molecule has 64 valence electrons. The molecule has 0 saturated heterocycles. The van der Waals surface area contributed by atoms with Gasteiger partial charge in [0.15, 0.2) is 5.41 Å². The van der Waals surface area contributed by atoms with Gasteiger partial charge in [0.2, 0.25) is 0 Å². The van der Waals surface area contributed by atoms with Crippen LogP contribution in [0.3, 0.4) is 0 Å². The Bertz CT molecular complexity index is 197. The van der Waals surface area contributed by atoms with E-state index in [0.717, 1.165) is 0 Å². The largest absolute Gasteiger partial charge is 1.00 e. The second kappa shape index (κ2) is 4.16. The van der Waals surface area contributed by atoms with Gasteiger partial charge in [-0.05, 0) is 0 Å². The molecule has 1 aliphatic rings. The van der Waals surface area contributed by atoms with Crippen molar-refractivity contribution in [1.82, 2.24) is 0 Å². The summed E-state index contributed by atoms with van der Waals surface area (Å²) in [6, 6.07) is 0. The molecule has 6 heteroatoms. The van der Waals surface area contributed by atoms with Crippen LogP contribution < -0.4 is 51.4 Å². The molecule has 0 aromatic rings. The number of rotatable bonds is 2. The molecule has 12 heavy (non-hydrogen) atoms. The van der Waals surface area contributed by atoms with Crippen LogP contribution in [0.15, 0.2) is 0 Å². The van der Waals surface area contributed by atoms with Gasteiger partial charge in [0, 0.05) is 12.8 Å². The number of carboxylic acid groups (broad SMARTS) is 2. The summed E-state index contributed by atoms with van der Waals surface area (Å²) in [5.74, 6) is -2.73. The zero-order valence-electron chi connectivity index (χ0n) is 7.65. The van der Waals surface area contributed by atoms with Crippen LogP contribution in [0, 0.1) is 5.41 Å². The van der Waals surface area contributed by atoms with E-state index in [1.54, 1.807) is 0 Å². The van der Waals surface area contributed by atoms with Gasteiger partial charge in [-0.15, -0.1) is 0 Å². The Labute approximate surface area is 113 Å². The third-order valence-electron chi connectivity index (χ3n) is 1.99. The third kappa shape index (κ3) is 1.89. The number of hydrogen-bond donors (Lipinski definition) is 3. The van der Waals surface area contributed by atoms with E-state index in [9.17, 15) is 9.59 Å². The quantitative estimate of drug-likeness (QED) is 0.316. The summed E-state index contributed by atoms with van der Waals surface area (Å²) in [4.78, 5) is 20.8. The van der Waals surface area contributed by atoms with Crippen molar-refractivity contribution in [3.8, 4) is 0 Å². The van der Waals surface area contributed by atoms with Crippen molar-refractivity contribution in [2.45, 2.75) is 18.9 Å². The molecule has 5 nitrogen and oxygen atoms in total. The summed E-state index contributed by atoms with van der Waals surface area (Å²) in [6.07, 6.45) is -1.14. The monoisotopic (exact) mass is 200 g/mol. The molecule has 1 fully saturated rings. The maximum atomic E-state index is 10.4. The van der Waals surface area contributed by atoms with Crippen molar-refractivity contribution >= 4 is 11.9 Å². The van der Waals surface area contributed by atoms with Crippen molar-refractivity contribution in [2.24, 2.45) is 5.41 Å². The number of aliphatic carboxylic acids is 2. The maximum absolute atomic E-state index is 10.4. The van der Waals surface area contributed by atoms with Gasteiger partial charge in [-0.1, -0.05) is 0 Å². The van der Waals surface area contributed by atoms with E-state index in [2.05, 4.69) is 0 Å². The van der Waals surface area contributed by atoms with Gasteiger partial charge in [-0.3, -0.25) is 9.59 Å². The van der Waals surface area contributed by atoms with Gasteiger partial charge in [0.1, 0.15) is 0 Å². The van der Waals surface area contributed by atoms with Crippen LogP contribution in [-0.4, -0.2) is 33.4 Å². The first kappa shape index (κ1) is 12.5. The zero-order chi connectivity index (χ0) is 8.65. The summed E-state index contributed by atoms with van der Waals surface area (Å²) < 4.78 is 0. The molecule has 0 spiro atoms. The second-order valence-electron chi connectivity index (χ2n) is 2.75. The van der Waals surface area contributed by atoms with Crippen molar-refractivity contribution in [1.29, 1.82) is 0 Å². The van der Waals surface area contributed by atoms with E-state index >= 15 is 0 Å². The van der Waals surface area contributed by atoms with Crippen molar-refractivity contribution < 1.29 is 77.7 Å². The van der Waals surface area contributed by atoms with E-state index < -0.39 is 23.5 Å². The first-order chi connectivity index (χ1) is 4.99. The molecule has 0 aromatic carbocycles. The zero-order valence-corrected chi connectivity index (χ0v) is 9.77. The smallest absolute Gasteiger partial charge is 1.00 e. The normalized spacial score (nSPS) is 20.4. The molecule has 0 amide bonds. The van der Waals surface area contributed by atoms with Crippen LogP contribution in [0.2, 0.25) is 0 Å². The number of aliphatic hydroxyl groups is 1. The maximum Gasteiger partial charge on any atom is 1.00 e. The Kier molecular flexibility index (Phi) is 4.35. The molecule has 0 aliphatic heterocycles. The predicted octanol–water partition coefficient (Wildman–Crippen LogP) is -3.59. The van der Waals surface area contributed by atoms with Crippen molar-refractivity contribution in [3.63, 3.8) is 0 Å². The Hall–Kier alpha value is 0.536. The number of hydrogen-bond acceptors (Lipinski definition) is 3. The molecule has 0 bridgehead atoms. The molecule has 0 heterocycles. The SMILES string of the molecule is O=C(O)C1(C(=O)O)CC(O)C1.[H-].[K+]. The fourth-order valence-corrected chi connectivity index (χ4v) is 1.19. The van der Waals surface area contributed by atoms with Gasteiger partial charge in [0.05, 0.1) is 6.10 Å². The Morgan fingerprint density at radius 2 is 1.58 bits per heavy atom. The molecule has 3 N–H and O–H groups in total. The van der Waals surface area contributed by atoms with Crippen LogP contribution in [-0.2, 0) is 9.59 Å². The summed E-state index contributed by atoms with van der Waals surface area (Å²) in [7, 11) is 0. The molecule has 0 atom stereocenters. The van der Waals surface area contributed by atoms with Gasteiger partial charge in [-0.25, -0.2) is 0 Å². The minimum Gasteiger partial charge on any atom is -1.00 e. The Balaban J connectivity index is 0. The molecular formula is C6H9KO5. The fourth-order valence-electron chi connectivity index (χ4n) is 1.19. The summed E-state index contributed by atoms with van der Waals surface area (Å²) in [5.41, 5.74) is -1.72. The summed E-state index contributed by atoms with van der Waals surface area (Å²) in [5, 5.41) is 25.7. The number of carbonyl (C=O) groups is 2. The van der Waals surface area contributed by atoms with E-state index in [0.29, 0.717) is 0 Å². The third-order valence-corrected chi connectivity index (χ3v) is 1.99. The average Bonchev–Trinajstić information content (AvgIpc) is 1.78. The summed E-state index contributed by atoms with van der Waals surface area (Å²) >= 11 is 0. The minimum atomic E-state index is -1.72. The van der Waals surface area contributed by atoms with E-state index in [1.165, 1.54) is 0 Å². The molecule has 0 radical (unpaired) electrons. The van der Waals surface area contributed by atoms with Gasteiger partial charge in [0.25, 0.3) is 0 Å². The van der Waals surface area contributed by atoms with Gasteiger partial charge in [-0.2, -0.15) is 0 Å². The van der Waals surface area contributed by atoms with E-state index in [1.807, 2.05) is 0 Å². The average molecular weight is 200 g/mol. The summed E-state index contributed by atoms with van der Waals surface area (Å²) in [6.45, 7) is 0. The molecular weight excluding hydrogens is 191 g/mol. The van der Waals surface area contributed by atoms with Crippen molar-refractivity contribution in [3.05, 3.63) is 0 Å². The first-order valence-electron chi connectivity index (χ1n) is 3.14. The van der Waals surface area contributed by atoms with E-state index in [4.69, 9.17) is 15.3 Å². The topological polar surface area (TPSA) is 94.8 Å². The van der Waals surface area contributed by atoms with Crippen LogP contribution in [0.5, 0.6) is 0 Å². The van der Waals surface area contributed by atoms with E-state index in [-0.39, 0.29) is 65.7 Å². The molecule has 0 aromatic heterocycles. The van der Waals surface area contributed by atoms with Crippen molar-refractivity contribution in [2.75, 3.05) is 0 Å². The van der Waals surface area contributed by atoms with Crippen LogP contribution >= 0.6 is 0 Å². The molecule has 1 saturated carbocycles. The van der Waals surface area contributed by atoms with Crippen LogP contribution in [0.4, 0.5) is 0 Å². The minimum absolute atomic E-state index is 0. The Morgan fingerprint density at radius 3 is 1.67 bits per heavy atom. The second-order valence-corrected chi connectivity index (χ2v) is 2.75. The van der Waals surface area contributed by atoms with Crippen LogP contribution in [0.25, 0.3) is 0 Å². The Morgan fingerprint density at radius 1 is 1.25 bits per heavy atom. The first-order valence-corrected chi connectivity index (χ1v) is 3.14. The fraction of sp³-hybridized carbons (Fsp3) is 0.667. The van der Waals surface area contributed by atoms with Gasteiger partial charge >= 0.3 is 63.3 Å². The number of aliphatic hydroxyl groups excluding tert-OH is 1. The predicted molar refractivity (Wildman–Crippen MR) is 34.1 cm³/mol. The standard InChI is InChI=1S/C6H8O5.K.H/c7-3-1-6(2-3,4(8)9)5(10)11;;/h3,7H,1-2H2,(H,8,9)(H,10,11);;/q;+1;-1. The molecule has 0 unspecified atom stereocenters. The van der Waals surface area contributed by atoms with Crippen LogP contribution in [0.1, 0.15) is 14.3 Å². The molecule has 1 aliphatic carbocycles. The number of carboxylic acids is 2. The van der Waals surface area contributed by atoms with Gasteiger partial charge < -0.3 is 16.7 Å². The molecule has 1 rings (SSSR count).